The Kier molecular flexibility index (Phi) is 6.12. The fourth-order valence-corrected chi connectivity index (χ4v) is 3.12. The molecule has 10 heteroatoms. The molecule has 2 aromatic heterocycles. The van der Waals surface area contributed by atoms with E-state index in [0.29, 0.717) is 28.9 Å². The van der Waals surface area contributed by atoms with Crippen molar-refractivity contribution in [3.8, 4) is 11.5 Å². The number of amides is 1. The van der Waals surface area contributed by atoms with Crippen molar-refractivity contribution in [3.63, 3.8) is 0 Å². The van der Waals surface area contributed by atoms with Crippen molar-refractivity contribution in [1.29, 1.82) is 0 Å². The Balaban J connectivity index is 1.66. The number of rotatable bonds is 8. The SMILES string of the molecule is C=CCn1c(SCC(=O)Nc2ccc([N+](=O)[O-])cc2)nnc1-c1ccccn1. The zero-order chi connectivity index (χ0) is 19.9. The molecule has 3 aromatic rings. The van der Waals surface area contributed by atoms with Gasteiger partial charge in [-0.15, -0.1) is 16.8 Å². The highest BCUT2D eigenvalue weighted by Crippen LogP contribution is 2.23. The summed E-state index contributed by atoms with van der Waals surface area (Å²) in [5.41, 5.74) is 1.13. The Morgan fingerprint density at radius 2 is 2.04 bits per heavy atom. The minimum Gasteiger partial charge on any atom is -0.325 e. The Bertz CT molecular complexity index is 988. The first kappa shape index (κ1) is 19.2. The van der Waals surface area contributed by atoms with Gasteiger partial charge in [-0.1, -0.05) is 23.9 Å². The van der Waals surface area contributed by atoms with Crippen LogP contribution in [0.3, 0.4) is 0 Å². The van der Waals surface area contributed by atoms with Crippen molar-refractivity contribution in [3.05, 3.63) is 71.4 Å². The largest absolute Gasteiger partial charge is 0.325 e. The maximum absolute atomic E-state index is 12.2. The van der Waals surface area contributed by atoms with Gasteiger partial charge in [0.05, 0.1) is 10.7 Å². The van der Waals surface area contributed by atoms with Crippen molar-refractivity contribution < 1.29 is 9.72 Å². The monoisotopic (exact) mass is 396 g/mol. The van der Waals surface area contributed by atoms with E-state index in [1.54, 1.807) is 12.3 Å². The third-order valence-corrected chi connectivity index (χ3v) is 4.58. The highest BCUT2D eigenvalue weighted by molar-refractivity contribution is 7.99. The number of anilines is 1. The molecule has 0 saturated carbocycles. The summed E-state index contributed by atoms with van der Waals surface area (Å²) in [7, 11) is 0. The first-order valence-corrected chi connectivity index (χ1v) is 9.19. The van der Waals surface area contributed by atoms with Gasteiger partial charge in [0.15, 0.2) is 11.0 Å². The molecular formula is C18H16N6O3S. The number of hydrogen-bond acceptors (Lipinski definition) is 7. The van der Waals surface area contributed by atoms with Crippen molar-refractivity contribution in [2.45, 2.75) is 11.7 Å². The summed E-state index contributed by atoms with van der Waals surface area (Å²) >= 11 is 1.23. The lowest BCUT2D eigenvalue weighted by Crippen LogP contribution is -2.14. The van der Waals surface area contributed by atoms with E-state index in [-0.39, 0.29) is 17.3 Å². The number of allylic oxidation sites excluding steroid dienone is 1. The number of carbonyl (C=O) groups is 1. The number of nitrogens with zero attached hydrogens (tertiary/aromatic N) is 5. The van der Waals surface area contributed by atoms with Gasteiger partial charge in [0.25, 0.3) is 5.69 Å². The van der Waals surface area contributed by atoms with E-state index in [2.05, 4.69) is 27.1 Å². The van der Waals surface area contributed by atoms with Crippen molar-refractivity contribution in [1.82, 2.24) is 19.7 Å². The number of aromatic nitrogens is 4. The molecule has 2 heterocycles. The van der Waals surface area contributed by atoms with Crippen LogP contribution >= 0.6 is 11.8 Å². The number of pyridine rings is 1. The summed E-state index contributed by atoms with van der Waals surface area (Å²) in [5, 5.41) is 22.3. The van der Waals surface area contributed by atoms with Crippen LogP contribution in [-0.4, -0.2) is 36.3 Å². The number of non-ortho nitro benzene ring substituents is 1. The van der Waals surface area contributed by atoms with E-state index in [4.69, 9.17) is 0 Å². The molecule has 0 aliphatic rings. The van der Waals surface area contributed by atoms with E-state index in [9.17, 15) is 14.9 Å². The van der Waals surface area contributed by atoms with Crippen LogP contribution in [0.25, 0.3) is 11.5 Å². The van der Waals surface area contributed by atoms with Crippen LogP contribution in [0.5, 0.6) is 0 Å². The maximum Gasteiger partial charge on any atom is 0.269 e. The van der Waals surface area contributed by atoms with Crippen LogP contribution < -0.4 is 5.32 Å². The Morgan fingerprint density at radius 1 is 1.25 bits per heavy atom. The molecule has 1 aromatic carbocycles. The van der Waals surface area contributed by atoms with Gasteiger partial charge in [-0.05, 0) is 24.3 Å². The van der Waals surface area contributed by atoms with Crippen LogP contribution in [0.4, 0.5) is 11.4 Å². The first-order chi connectivity index (χ1) is 13.6. The predicted octanol–water partition coefficient (Wildman–Crippen LogP) is 3.17. The number of nitro benzene ring substituents is 1. The Hall–Kier alpha value is -3.53. The second kappa shape index (κ2) is 8.91. The summed E-state index contributed by atoms with van der Waals surface area (Å²) in [6.45, 7) is 4.23. The van der Waals surface area contributed by atoms with Gasteiger partial charge in [0.2, 0.25) is 5.91 Å². The second-order valence-corrected chi connectivity index (χ2v) is 6.50. The molecule has 1 amide bonds. The van der Waals surface area contributed by atoms with Crippen LogP contribution in [0.15, 0.2) is 66.5 Å². The fraction of sp³-hybridized carbons (Fsp3) is 0.111. The van der Waals surface area contributed by atoms with Gasteiger partial charge in [-0.2, -0.15) is 0 Å². The van der Waals surface area contributed by atoms with Crippen LogP contribution in [0.1, 0.15) is 0 Å². The van der Waals surface area contributed by atoms with E-state index in [1.165, 1.54) is 36.0 Å². The lowest BCUT2D eigenvalue weighted by Gasteiger charge is -2.07. The van der Waals surface area contributed by atoms with E-state index in [0.717, 1.165) is 0 Å². The third-order valence-electron chi connectivity index (χ3n) is 3.62. The number of carbonyl (C=O) groups excluding carboxylic acids is 1. The quantitative estimate of drug-likeness (QED) is 0.269. The fourth-order valence-electron chi connectivity index (χ4n) is 2.37. The van der Waals surface area contributed by atoms with Gasteiger partial charge < -0.3 is 5.32 Å². The van der Waals surface area contributed by atoms with E-state index in [1.807, 2.05) is 22.8 Å². The van der Waals surface area contributed by atoms with Crippen molar-refractivity contribution in [2.24, 2.45) is 0 Å². The molecule has 1 N–H and O–H groups in total. The summed E-state index contributed by atoms with van der Waals surface area (Å²) < 4.78 is 1.83. The van der Waals surface area contributed by atoms with Gasteiger partial charge in [-0.3, -0.25) is 24.5 Å². The smallest absolute Gasteiger partial charge is 0.269 e. The lowest BCUT2D eigenvalue weighted by molar-refractivity contribution is -0.384. The molecule has 0 saturated heterocycles. The maximum atomic E-state index is 12.2. The third kappa shape index (κ3) is 4.60. The molecule has 0 aliphatic heterocycles. The van der Waals surface area contributed by atoms with E-state index >= 15 is 0 Å². The molecule has 0 atom stereocenters. The molecule has 0 aliphatic carbocycles. The second-order valence-electron chi connectivity index (χ2n) is 5.56. The van der Waals surface area contributed by atoms with E-state index < -0.39 is 4.92 Å². The summed E-state index contributed by atoms with van der Waals surface area (Å²) in [5.74, 6) is 0.444. The minimum absolute atomic E-state index is 0.0352. The number of hydrogen-bond donors (Lipinski definition) is 1. The first-order valence-electron chi connectivity index (χ1n) is 8.21. The Labute approximate surface area is 164 Å². The topological polar surface area (TPSA) is 116 Å². The van der Waals surface area contributed by atoms with Gasteiger partial charge >= 0.3 is 0 Å². The summed E-state index contributed by atoms with van der Waals surface area (Å²) in [6.07, 6.45) is 3.39. The predicted molar refractivity (Wildman–Crippen MR) is 106 cm³/mol. The lowest BCUT2D eigenvalue weighted by atomic mass is 10.3. The van der Waals surface area contributed by atoms with Gasteiger partial charge in [0.1, 0.15) is 5.69 Å². The molecule has 0 radical (unpaired) electrons. The highest BCUT2D eigenvalue weighted by Gasteiger charge is 2.16. The molecular weight excluding hydrogens is 380 g/mol. The van der Waals surface area contributed by atoms with Gasteiger partial charge in [0, 0.05) is 30.6 Å². The zero-order valence-electron chi connectivity index (χ0n) is 14.7. The van der Waals surface area contributed by atoms with Crippen molar-refractivity contribution in [2.75, 3.05) is 11.1 Å². The standard InChI is InChI=1S/C18H16N6O3S/c1-2-11-23-17(15-5-3-4-10-19-15)21-22-18(23)28-12-16(25)20-13-6-8-14(9-7-13)24(26)27/h2-10H,1,11-12H2,(H,20,25). The molecule has 3 rings (SSSR count). The Morgan fingerprint density at radius 3 is 2.68 bits per heavy atom. The number of nitro groups is 1. The normalized spacial score (nSPS) is 10.4. The highest BCUT2D eigenvalue weighted by atomic mass is 32.2. The molecule has 0 spiro atoms. The molecule has 0 bridgehead atoms. The number of thioether (sulfide) groups is 1. The number of benzene rings is 1. The average Bonchev–Trinajstić information content (AvgIpc) is 3.10. The molecule has 28 heavy (non-hydrogen) atoms. The summed E-state index contributed by atoms with van der Waals surface area (Å²) in [6, 6.07) is 11.2. The van der Waals surface area contributed by atoms with Crippen LogP contribution in [0.2, 0.25) is 0 Å². The molecule has 9 nitrogen and oxygen atoms in total. The zero-order valence-corrected chi connectivity index (χ0v) is 15.5. The molecule has 0 unspecified atom stereocenters. The average molecular weight is 396 g/mol. The van der Waals surface area contributed by atoms with Crippen LogP contribution in [0, 0.1) is 10.1 Å². The molecule has 0 fully saturated rings. The summed E-state index contributed by atoms with van der Waals surface area (Å²) in [4.78, 5) is 26.7. The van der Waals surface area contributed by atoms with Gasteiger partial charge in [-0.25, -0.2) is 0 Å². The molecule has 142 valence electrons. The van der Waals surface area contributed by atoms with Crippen LogP contribution in [-0.2, 0) is 11.3 Å². The van der Waals surface area contributed by atoms with Crippen molar-refractivity contribution >= 4 is 29.0 Å². The minimum atomic E-state index is -0.493. The number of nitrogens with one attached hydrogen (secondary N) is 1.